The Balaban J connectivity index is 1.53. The standard InChI is InChI=1S/C17H22N4O2/c1-23-16-6-4-15(5-7-16)21-10-8-14(20-21)12-19-17(22)11-13-3-2-9-18-13/h4-8,10,13,18H,2-3,9,11-12H2,1H3,(H,19,22). The van der Waals surface area contributed by atoms with Crippen molar-refractivity contribution in [2.75, 3.05) is 13.7 Å². The fourth-order valence-corrected chi connectivity index (χ4v) is 2.75. The maximum absolute atomic E-state index is 11.9. The van der Waals surface area contributed by atoms with Crippen molar-refractivity contribution in [2.24, 2.45) is 0 Å². The molecule has 6 heteroatoms. The van der Waals surface area contributed by atoms with Gasteiger partial charge in [-0.2, -0.15) is 5.10 Å². The molecule has 0 radical (unpaired) electrons. The lowest BCUT2D eigenvalue weighted by Crippen LogP contribution is -2.31. The molecule has 3 rings (SSSR count). The summed E-state index contributed by atoms with van der Waals surface area (Å²) < 4.78 is 6.94. The summed E-state index contributed by atoms with van der Waals surface area (Å²) in [7, 11) is 1.64. The average molecular weight is 314 g/mol. The van der Waals surface area contributed by atoms with E-state index in [1.54, 1.807) is 11.8 Å². The van der Waals surface area contributed by atoms with Gasteiger partial charge < -0.3 is 15.4 Å². The van der Waals surface area contributed by atoms with Crippen molar-refractivity contribution < 1.29 is 9.53 Å². The molecular formula is C17H22N4O2. The zero-order valence-corrected chi connectivity index (χ0v) is 13.3. The molecule has 1 amide bonds. The van der Waals surface area contributed by atoms with Gasteiger partial charge in [0, 0.05) is 18.7 Å². The summed E-state index contributed by atoms with van der Waals surface area (Å²) in [5.41, 5.74) is 1.80. The number of hydrogen-bond acceptors (Lipinski definition) is 4. The molecule has 2 aromatic rings. The normalized spacial score (nSPS) is 17.2. The molecular weight excluding hydrogens is 292 g/mol. The van der Waals surface area contributed by atoms with Crippen LogP contribution in [0.3, 0.4) is 0 Å². The number of methoxy groups -OCH3 is 1. The number of nitrogens with zero attached hydrogens (tertiary/aromatic N) is 2. The van der Waals surface area contributed by atoms with Gasteiger partial charge in [-0.15, -0.1) is 0 Å². The molecule has 0 bridgehead atoms. The van der Waals surface area contributed by atoms with Crippen LogP contribution in [0.4, 0.5) is 0 Å². The highest BCUT2D eigenvalue weighted by Gasteiger charge is 2.17. The van der Waals surface area contributed by atoms with E-state index in [1.165, 1.54) is 0 Å². The highest BCUT2D eigenvalue weighted by molar-refractivity contribution is 5.76. The Bertz CT molecular complexity index is 645. The van der Waals surface area contributed by atoms with Gasteiger partial charge in [-0.25, -0.2) is 4.68 Å². The third-order valence-electron chi connectivity index (χ3n) is 4.04. The first-order chi connectivity index (χ1) is 11.2. The first-order valence-electron chi connectivity index (χ1n) is 7.93. The number of aromatic nitrogens is 2. The maximum Gasteiger partial charge on any atom is 0.221 e. The molecule has 0 spiro atoms. The molecule has 2 heterocycles. The molecule has 1 atom stereocenters. The number of hydrogen-bond donors (Lipinski definition) is 2. The molecule has 1 aliphatic rings. The van der Waals surface area contributed by atoms with E-state index in [-0.39, 0.29) is 5.91 Å². The minimum absolute atomic E-state index is 0.0726. The van der Waals surface area contributed by atoms with E-state index >= 15 is 0 Å². The summed E-state index contributed by atoms with van der Waals surface area (Å²) in [5.74, 6) is 0.886. The number of amides is 1. The van der Waals surface area contributed by atoms with Crippen LogP contribution in [-0.2, 0) is 11.3 Å². The highest BCUT2D eigenvalue weighted by atomic mass is 16.5. The second-order valence-electron chi connectivity index (χ2n) is 5.72. The zero-order valence-electron chi connectivity index (χ0n) is 13.3. The number of benzene rings is 1. The van der Waals surface area contributed by atoms with E-state index in [1.807, 2.05) is 36.5 Å². The van der Waals surface area contributed by atoms with Crippen LogP contribution >= 0.6 is 0 Å². The molecule has 23 heavy (non-hydrogen) atoms. The molecule has 1 aromatic carbocycles. The van der Waals surface area contributed by atoms with Crippen molar-refractivity contribution in [1.82, 2.24) is 20.4 Å². The molecule has 1 aromatic heterocycles. The predicted octanol–water partition coefficient (Wildman–Crippen LogP) is 1.64. The minimum Gasteiger partial charge on any atom is -0.497 e. The van der Waals surface area contributed by atoms with Gasteiger partial charge >= 0.3 is 0 Å². The Morgan fingerprint density at radius 2 is 2.22 bits per heavy atom. The average Bonchev–Trinajstić information content (AvgIpc) is 3.25. The SMILES string of the molecule is COc1ccc(-n2ccc(CNC(=O)CC3CCCN3)n2)cc1. The largest absolute Gasteiger partial charge is 0.497 e. The van der Waals surface area contributed by atoms with E-state index in [4.69, 9.17) is 4.74 Å². The second kappa shape index (κ2) is 7.28. The summed E-state index contributed by atoms with van der Waals surface area (Å²) in [5, 5.41) is 10.7. The van der Waals surface area contributed by atoms with Gasteiger partial charge in [0.2, 0.25) is 5.91 Å². The first kappa shape index (κ1) is 15.6. The van der Waals surface area contributed by atoms with Crippen LogP contribution in [0.1, 0.15) is 25.0 Å². The van der Waals surface area contributed by atoms with E-state index in [2.05, 4.69) is 15.7 Å². The van der Waals surface area contributed by atoms with Crippen molar-refractivity contribution in [2.45, 2.75) is 31.8 Å². The minimum atomic E-state index is 0.0726. The van der Waals surface area contributed by atoms with E-state index in [0.717, 1.165) is 36.5 Å². The van der Waals surface area contributed by atoms with Crippen LogP contribution in [0.25, 0.3) is 5.69 Å². The molecule has 122 valence electrons. The topological polar surface area (TPSA) is 68.2 Å². The van der Waals surface area contributed by atoms with Gasteiger partial charge in [0.25, 0.3) is 0 Å². The summed E-state index contributed by atoms with van der Waals surface area (Å²) in [6.07, 6.45) is 4.67. The molecule has 1 fully saturated rings. The summed E-state index contributed by atoms with van der Waals surface area (Å²) in [6.45, 7) is 1.47. The number of rotatable bonds is 6. The number of ether oxygens (including phenoxy) is 1. The zero-order chi connectivity index (χ0) is 16.1. The van der Waals surface area contributed by atoms with Crippen LogP contribution in [0.5, 0.6) is 5.75 Å². The summed E-state index contributed by atoms with van der Waals surface area (Å²) in [4.78, 5) is 11.9. The van der Waals surface area contributed by atoms with Gasteiger partial charge in [-0.1, -0.05) is 0 Å². The third-order valence-corrected chi connectivity index (χ3v) is 4.04. The van der Waals surface area contributed by atoms with Crippen LogP contribution in [0.2, 0.25) is 0 Å². The molecule has 1 aliphatic heterocycles. The smallest absolute Gasteiger partial charge is 0.221 e. The number of carbonyl (C=O) groups is 1. The van der Waals surface area contributed by atoms with Gasteiger partial charge in [0.15, 0.2) is 0 Å². The molecule has 1 saturated heterocycles. The maximum atomic E-state index is 11.9. The Labute approximate surface area is 135 Å². The van der Waals surface area contributed by atoms with Crippen LogP contribution < -0.4 is 15.4 Å². The lowest BCUT2D eigenvalue weighted by atomic mass is 10.1. The quantitative estimate of drug-likeness (QED) is 0.850. The molecule has 2 N–H and O–H groups in total. The third kappa shape index (κ3) is 4.10. The highest BCUT2D eigenvalue weighted by Crippen LogP contribution is 2.14. The van der Waals surface area contributed by atoms with Crippen molar-refractivity contribution in [3.63, 3.8) is 0 Å². The van der Waals surface area contributed by atoms with Gasteiger partial charge in [-0.05, 0) is 49.7 Å². The van der Waals surface area contributed by atoms with Crippen molar-refractivity contribution >= 4 is 5.91 Å². The molecule has 0 aliphatic carbocycles. The Kier molecular flexibility index (Phi) is 4.92. The Morgan fingerprint density at radius 1 is 1.39 bits per heavy atom. The number of nitrogens with one attached hydrogen (secondary N) is 2. The lowest BCUT2D eigenvalue weighted by molar-refractivity contribution is -0.121. The monoisotopic (exact) mass is 314 g/mol. The second-order valence-corrected chi connectivity index (χ2v) is 5.72. The summed E-state index contributed by atoms with van der Waals surface area (Å²) >= 11 is 0. The first-order valence-corrected chi connectivity index (χ1v) is 7.93. The summed E-state index contributed by atoms with van der Waals surface area (Å²) in [6, 6.07) is 9.92. The van der Waals surface area contributed by atoms with Crippen molar-refractivity contribution in [1.29, 1.82) is 0 Å². The van der Waals surface area contributed by atoms with Crippen molar-refractivity contribution in [3.8, 4) is 11.4 Å². The molecule has 0 saturated carbocycles. The van der Waals surface area contributed by atoms with E-state index in [0.29, 0.717) is 19.0 Å². The van der Waals surface area contributed by atoms with Crippen LogP contribution in [0.15, 0.2) is 36.5 Å². The molecule has 6 nitrogen and oxygen atoms in total. The number of carbonyl (C=O) groups excluding carboxylic acids is 1. The Morgan fingerprint density at radius 3 is 2.91 bits per heavy atom. The van der Waals surface area contributed by atoms with Gasteiger partial charge in [-0.3, -0.25) is 4.79 Å². The van der Waals surface area contributed by atoms with Gasteiger partial charge in [0.05, 0.1) is 25.0 Å². The van der Waals surface area contributed by atoms with Crippen LogP contribution in [-0.4, -0.2) is 35.4 Å². The fourth-order valence-electron chi connectivity index (χ4n) is 2.75. The predicted molar refractivity (Wildman–Crippen MR) is 87.6 cm³/mol. The van der Waals surface area contributed by atoms with Gasteiger partial charge in [0.1, 0.15) is 5.75 Å². The van der Waals surface area contributed by atoms with E-state index in [9.17, 15) is 4.79 Å². The van der Waals surface area contributed by atoms with Crippen molar-refractivity contribution in [3.05, 3.63) is 42.2 Å². The fraction of sp³-hybridized carbons (Fsp3) is 0.412. The van der Waals surface area contributed by atoms with E-state index < -0.39 is 0 Å². The van der Waals surface area contributed by atoms with Crippen LogP contribution in [0, 0.1) is 0 Å². The lowest BCUT2D eigenvalue weighted by Gasteiger charge is -2.09. The molecule has 1 unspecified atom stereocenters. The Hall–Kier alpha value is -2.34.